The number of hydrogen-bond donors (Lipinski definition) is 2. The maximum Gasteiger partial charge on any atom is 0.240 e. The van der Waals surface area contributed by atoms with E-state index in [2.05, 4.69) is 10.0 Å². The molecule has 0 bridgehead atoms. The van der Waals surface area contributed by atoms with Crippen molar-refractivity contribution in [1.82, 2.24) is 4.72 Å². The molecule has 1 aromatic rings. The summed E-state index contributed by atoms with van der Waals surface area (Å²) in [5.74, 6) is 0.704. The molecule has 2 N–H and O–H groups in total. The van der Waals surface area contributed by atoms with E-state index in [0.29, 0.717) is 24.0 Å². The number of ether oxygens (including phenoxy) is 1. The molecule has 1 aromatic carbocycles. The van der Waals surface area contributed by atoms with Crippen molar-refractivity contribution < 1.29 is 13.2 Å². The summed E-state index contributed by atoms with van der Waals surface area (Å²) in [5.41, 5.74) is 2.11. The van der Waals surface area contributed by atoms with Crippen LogP contribution in [0.15, 0.2) is 23.1 Å². The molecule has 0 unspecified atom stereocenters. The topological polar surface area (TPSA) is 67.4 Å². The van der Waals surface area contributed by atoms with Gasteiger partial charge in [-0.15, -0.1) is 0 Å². The number of fused-ring (bicyclic) bond motifs is 1. The third kappa shape index (κ3) is 3.31. The molecule has 2 aliphatic rings. The largest absolute Gasteiger partial charge is 0.384 e. The third-order valence-electron chi connectivity index (χ3n) is 3.69. The fraction of sp³-hybridized carbons (Fsp3) is 0.571. The molecule has 1 heterocycles. The van der Waals surface area contributed by atoms with Gasteiger partial charge in [0, 0.05) is 25.4 Å². The van der Waals surface area contributed by atoms with Gasteiger partial charge in [0.15, 0.2) is 0 Å². The van der Waals surface area contributed by atoms with E-state index in [9.17, 15) is 8.42 Å². The lowest BCUT2D eigenvalue weighted by Gasteiger charge is -2.08. The van der Waals surface area contributed by atoms with Crippen molar-refractivity contribution in [3.8, 4) is 0 Å². The second-order valence-corrected chi connectivity index (χ2v) is 7.18. The van der Waals surface area contributed by atoms with Gasteiger partial charge in [-0.2, -0.15) is 0 Å². The Morgan fingerprint density at radius 3 is 3.00 bits per heavy atom. The van der Waals surface area contributed by atoms with Gasteiger partial charge in [-0.25, -0.2) is 13.1 Å². The minimum atomic E-state index is -3.42. The molecule has 1 aliphatic carbocycles. The summed E-state index contributed by atoms with van der Waals surface area (Å²) in [6, 6.07) is 5.23. The highest BCUT2D eigenvalue weighted by molar-refractivity contribution is 7.89. The van der Waals surface area contributed by atoms with E-state index in [1.165, 1.54) is 12.8 Å². The van der Waals surface area contributed by atoms with Crippen LogP contribution in [-0.4, -0.2) is 34.7 Å². The highest BCUT2D eigenvalue weighted by atomic mass is 32.2. The molecular formula is C14H20N2O3S. The van der Waals surface area contributed by atoms with Crippen molar-refractivity contribution in [2.75, 3.05) is 31.6 Å². The second kappa shape index (κ2) is 5.71. The third-order valence-corrected chi connectivity index (χ3v) is 5.14. The quantitative estimate of drug-likeness (QED) is 0.746. The van der Waals surface area contributed by atoms with Crippen LogP contribution < -0.4 is 10.0 Å². The number of nitrogens with one attached hydrogen (secondary N) is 2. The van der Waals surface area contributed by atoms with E-state index in [1.54, 1.807) is 12.1 Å². The first-order chi connectivity index (χ1) is 9.65. The second-order valence-electron chi connectivity index (χ2n) is 5.41. The molecule has 0 spiro atoms. The number of sulfonamides is 1. The summed E-state index contributed by atoms with van der Waals surface area (Å²) in [6.07, 6.45) is 3.37. The Morgan fingerprint density at radius 2 is 2.20 bits per heavy atom. The van der Waals surface area contributed by atoms with Crippen LogP contribution in [0.3, 0.4) is 0 Å². The first-order valence-corrected chi connectivity index (χ1v) is 8.58. The lowest BCUT2D eigenvalue weighted by Crippen LogP contribution is -2.27. The van der Waals surface area contributed by atoms with E-state index in [0.717, 1.165) is 30.8 Å². The molecule has 0 atom stereocenters. The van der Waals surface area contributed by atoms with Gasteiger partial charge in [-0.05, 0) is 48.9 Å². The van der Waals surface area contributed by atoms with E-state index in [1.807, 2.05) is 6.07 Å². The molecule has 20 heavy (non-hydrogen) atoms. The van der Waals surface area contributed by atoms with Gasteiger partial charge < -0.3 is 10.1 Å². The zero-order chi connectivity index (χ0) is 14.0. The van der Waals surface area contributed by atoms with Crippen LogP contribution in [0.4, 0.5) is 5.69 Å². The van der Waals surface area contributed by atoms with E-state index < -0.39 is 10.0 Å². The molecule has 1 fully saturated rings. The predicted molar refractivity (Wildman–Crippen MR) is 77.4 cm³/mol. The average molecular weight is 296 g/mol. The van der Waals surface area contributed by atoms with Crippen LogP contribution in [-0.2, 0) is 21.2 Å². The Balaban J connectivity index is 1.53. The lowest BCUT2D eigenvalue weighted by molar-refractivity contribution is 0.129. The number of hydrogen-bond acceptors (Lipinski definition) is 4. The van der Waals surface area contributed by atoms with Crippen molar-refractivity contribution in [2.45, 2.75) is 24.2 Å². The summed E-state index contributed by atoms with van der Waals surface area (Å²) < 4.78 is 32.3. The Bertz CT molecular complexity index is 582. The van der Waals surface area contributed by atoms with Crippen LogP contribution >= 0.6 is 0 Å². The zero-order valence-corrected chi connectivity index (χ0v) is 12.2. The van der Waals surface area contributed by atoms with Gasteiger partial charge in [0.25, 0.3) is 0 Å². The van der Waals surface area contributed by atoms with Crippen molar-refractivity contribution in [3.05, 3.63) is 23.8 Å². The molecule has 1 aliphatic heterocycles. The molecule has 110 valence electrons. The average Bonchev–Trinajstić information content (AvgIpc) is 3.13. The fourth-order valence-corrected chi connectivity index (χ4v) is 3.38. The molecule has 0 radical (unpaired) electrons. The fourth-order valence-electron chi connectivity index (χ4n) is 2.31. The van der Waals surface area contributed by atoms with Crippen molar-refractivity contribution in [1.29, 1.82) is 0 Å². The summed E-state index contributed by atoms with van der Waals surface area (Å²) in [7, 11) is -3.42. The van der Waals surface area contributed by atoms with Gasteiger partial charge in [-0.3, -0.25) is 0 Å². The van der Waals surface area contributed by atoms with E-state index in [4.69, 9.17) is 4.74 Å². The molecule has 0 aromatic heterocycles. The van der Waals surface area contributed by atoms with Gasteiger partial charge in [-0.1, -0.05) is 0 Å². The number of benzene rings is 1. The molecule has 6 heteroatoms. The Morgan fingerprint density at radius 1 is 1.35 bits per heavy atom. The Hall–Kier alpha value is -1.11. The minimum absolute atomic E-state index is 0.324. The van der Waals surface area contributed by atoms with Crippen LogP contribution in [0.1, 0.15) is 18.4 Å². The van der Waals surface area contributed by atoms with E-state index >= 15 is 0 Å². The van der Waals surface area contributed by atoms with Crippen molar-refractivity contribution in [2.24, 2.45) is 5.92 Å². The van der Waals surface area contributed by atoms with Crippen LogP contribution in [0, 0.1) is 5.92 Å². The van der Waals surface area contributed by atoms with E-state index in [-0.39, 0.29) is 0 Å². The SMILES string of the molecule is O=S(=O)(NCCOCC1CC1)c1ccc2c(c1)CCN2. The van der Waals surface area contributed by atoms with Gasteiger partial charge in [0.2, 0.25) is 10.0 Å². The number of anilines is 1. The smallest absolute Gasteiger partial charge is 0.240 e. The highest BCUT2D eigenvalue weighted by Gasteiger charge is 2.21. The maximum absolute atomic E-state index is 12.2. The summed E-state index contributed by atoms with van der Waals surface area (Å²) in [6.45, 7) is 2.39. The van der Waals surface area contributed by atoms with Gasteiger partial charge in [0.05, 0.1) is 11.5 Å². The first-order valence-electron chi connectivity index (χ1n) is 7.09. The summed E-state index contributed by atoms with van der Waals surface area (Å²) in [5, 5.41) is 3.22. The van der Waals surface area contributed by atoms with Crippen molar-refractivity contribution in [3.63, 3.8) is 0 Å². The number of rotatable bonds is 7. The molecular weight excluding hydrogens is 276 g/mol. The van der Waals surface area contributed by atoms with Crippen molar-refractivity contribution >= 4 is 15.7 Å². The monoisotopic (exact) mass is 296 g/mol. The van der Waals surface area contributed by atoms with Crippen LogP contribution in [0.2, 0.25) is 0 Å². The maximum atomic E-state index is 12.2. The van der Waals surface area contributed by atoms with Crippen LogP contribution in [0.5, 0.6) is 0 Å². The lowest BCUT2D eigenvalue weighted by atomic mass is 10.2. The normalized spacial score (nSPS) is 17.8. The standard InChI is InChI=1S/C14H20N2O3S/c17-20(18,16-7-8-19-10-11-1-2-11)13-3-4-14-12(9-13)5-6-15-14/h3-4,9,11,15-16H,1-2,5-8,10H2. The summed E-state index contributed by atoms with van der Waals surface area (Å²) >= 11 is 0. The zero-order valence-electron chi connectivity index (χ0n) is 11.4. The first kappa shape index (κ1) is 13.9. The molecule has 0 saturated heterocycles. The predicted octanol–water partition coefficient (Wildman–Crippen LogP) is 1.36. The molecule has 3 rings (SSSR count). The Kier molecular flexibility index (Phi) is 3.96. The van der Waals surface area contributed by atoms with Gasteiger partial charge >= 0.3 is 0 Å². The summed E-state index contributed by atoms with van der Waals surface area (Å²) in [4.78, 5) is 0.335. The molecule has 5 nitrogen and oxygen atoms in total. The van der Waals surface area contributed by atoms with Gasteiger partial charge in [0.1, 0.15) is 0 Å². The highest BCUT2D eigenvalue weighted by Crippen LogP contribution is 2.28. The molecule has 1 saturated carbocycles. The Labute approximate surface area is 119 Å². The molecule has 0 amide bonds. The van der Waals surface area contributed by atoms with Crippen LogP contribution in [0.25, 0.3) is 0 Å². The minimum Gasteiger partial charge on any atom is -0.384 e.